The number of hydrogen-bond acceptors (Lipinski definition) is 0. The van der Waals surface area contributed by atoms with Crippen LogP contribution in [0.1, 0.15) is 43.4 Å². The van der Waals surface area contributed by atoms with Gasteiger partial charge in [-0.2, -0.15) is 0 Å². The number of fused-ring (bicyclic) bond motifs is 1. The lowest BCUT2D eigenvalue weighted by atomic mass is 9.83. The number of hydrogen-bond donors (Lipinski definition) is 0. The molecule has 2 rings (SSSR count). The third kappa shape index (κ3) is 2.51. The summed E-state index contributed by atoms with van der Waals surface area (Å²) in [7, 11) is 0. The summed E-state index contributed by atoms with van der Waals surface area (Å²) < 4.78 is 0. The number of benzene rings is 1. The molecule has 1 aliphatic carbocycles. The van der Waals surface area contributed by atoms with Crippen molar-refractivity contribution in [3.63, 3.8) is 0 Å². The fourth-order valence-corrected chi connectivity index (χ4v) is 3.09. The molecule has 0 amide bonds. The van der Waals surface area contributed by atoms with Gasteiger partial charge in [-0.3, -0.25) is 0 Å². The molecule has 0 saturated carbocycles. The lowest BCUT2D eigenvalue weighted by molar-refractivity contribution is 0.361. The molecule has 1 unspecified atom stereocenters. The maximum atomic E-state index is 3.65. The minimum atomic E-state index is 0.410. The van der Waals surface area contributed by atoms with Gasteiger partial charge >= 0.3 is 0 Å². The van der Waals surface area contributed by atoms with E-state index in [0.717, 1.165) is 5.33 Å². The highest BCUT2D eigenvalue weighted by molar-refractivity contribution is 9.09. The molecule has 0 radical (unpaired) electrons. The Morgan fingerprint density at radius 3 is 2.69 bits per heavy atom. The van der Waals surface area contributed by atoms with E-state index in [1.54, 1.807) is 11.1 Å². The van der Waals surface area contributed by atoms with Crippen molar-refractivity contribution in [2.24, 2.45) is 5.41 Å². The van der Waals surface area contributed by atoms with Crippen molar-refractivity contribution in [2.45, 2.75) is 46.0 Å². The highest BCUT2D eigenvalue weighted by atomic mass is 79.9. The Balaban J connectivity index is 2.16. The molecule has 0 bridgehead atoms. The van der Waals surface area contributed by atoms with Gasteiger partial charge in [-0.05, 0) is 54.2 Å². The molecule has 0 nitrogen and oxygen atoms in total. The molecular weight excluding hydrogens is 260 g/mol. The Morgan fingerprint density at radius 1 is 1.25 bits per heavy atom. The largest absolute Gasteiger partial charge is 0.0922 e. The van der Waals surface area contributed by atoms with Gasteiger partial charge in [-0.15, -0.1) is 0 Å². The molecule has 1 aromatic carbocycles. The average molecular weight is 281 g/mol. The van der Waals surface area contributed by atoms with Crippen LogP contribution in [0.5, 0.6) is 0 Å². The van der Waals surface area contributed by atoms with Crippen LogP contribution in [0, 0.1) is 5.41 Å². The monoisotopic (exact) mass is 280 g/mol. The number of aryl methyl sites for hydroxylation is 2. The van der Waals surface area contributed by atoms with E-state index in [1.807, 2.05) is 0 Å². The van der Waals surface area contributed by atoms with Gasteiger partial charge in [0.1, 0.15) is 0 Å². The van der Waals surface area contributed by atoms with Crippen LogP contribution in [0.15, 0.2) is 18.2 Å². The highest BCUT2D eigenvalue weighted by Crippen LogP contribution is 2.31. The summed E-state index contributed by atoms with van der Waals surface area (Å²) in [5, 5.41) is 1.09. The molecule has 0 spiro atoms. The van der Waals surface area contributed by atoms with E-state index >= 15 is 0 Å². The van der Waals surface area contributed by atoms with E-state index in [1.165, 1.54) is 37.7 Å². The lowest BCUT2D eigenvalue weighted by Gasteiger charge is -2.26. The SMILES string of the molecule is CCC(C)(CBr)Cc1ccc2c(c1)CCC2. The van der Waals surface area contributed by atoms with E-state index in [2.05, 4.69) is 48.0 Å². The summed E-state index contributed by atoms with van der Waals surface area (Å²) in [4.78, 5) is 0. The van der Waals surface area contributed by atoms with Crippen molar-refractivity contribution in [1.82, 2.24) is 0 Å². The minimum Gasteiger partial charge on any atom is -0.0922 e. The fourth-order valence-electron chi connectivity index (χ4n) is 2.49. The van der Waals surface area contributed by atoms with Crippen molar-refractivity contribution < 1.29 is 0 Å². The first-order valence-electron chi connectivity index (χ1n) is 6.33. The quantitative estimate of drug-likeness (QED) is 0.711. The smallest absolute Gasteiger partial charge is 0.00884 e. The minimum absolute atomic E-state index is 0.410. The van der Waals surface area contributed by atoms with Crippen LogP contribution in [-0.4, -0.2) is 5.33 Å². The summed E-state index contributed by atoms with van der Waals surface area (Å²) in [5.74, 6) is 0. The van der Waals surface area contributed by atoms with Crippen molar-refractivity contribution in [3.05, 3.63) is 34.9 Å². The van der Waals surface area contributed by atoms with Gasteiger partial charge in [-0.1, -0.05) is 48.0 Å². The van der Waals surface area contributed by atoms with Crippen molar-refractivity contribution in [1.29, 1.82) is 0 Å². The Kier molecular flexibility index (Phi) is 3.73. The second-order valence-electron chi connectivity index (χ2n) is 5.43. The molecule has 1 aromatic rings. The highest BCUT2D eigenvalue weighted by Gasteiger charge is 2.21. The summed E-state index contributed by atoms with van der Waals surface area (Å²) in [6.07, 6.45) is 6.36. The summed E-state index contributed by atoms with van der Waals surface area (Å²) >= 11 is 3.65. The normalized spacial score (nSPS) is 18.2. The van der Waals surface area contributed by atoms with Crippen LogP contribution in [0.4, 0.5) is 0 Å². The van der Waals surface area contributed by atoms with Gasteiger partial charge in [0, 0.05) is 5.33 Å². The lowest BCUT2D eigenvalue weighted by Crippen LogP contribution is -2.20. The van der Waals surface area contributed by atoms with E-state index in [4.69, 9.17) is 0 Å². The zero-order valence-corrected chi connectivity index (χ0v) is 11.9. The first-order valence-corrected chi connectivity index (χ1v) is 7.46. The second-order valence-corrected chi connectivity index (χ2v) is 5.99. The second kappa shape index (κ2) is 4.91. The predicted molar refractivity (Wildman–Crippen MR) is 74.4 cm³/mol. The number of rotatable bonds is 4. The Labute approximate surface area is 108 Å². The summed E-state index contributed by atoms with van der Waals surface area (Å²) in [6.45, 7) is 4.66. The van der Waals surface area contributed by atoms with Gasteiger partial charge in [0.2, 0.25) is 0 Å². The molecule has 1 aliphatic rings. The molecule has 0 aromatic heterocycles. The van der Waals surface area contributed by atoms with Crippen LogP contribution < -0.4 is 0 Å². The van der Waals surface area contributed by atoms with Gasteiger partial charge < -0.3 is 0 Å². The molecule has 88 valence electrons. The van der Waals surface area contributed by atoms with E-state index in [0.29, 0.717) is 5.41 Å². The van der Waals surface area contributed by atoms with Crippen LogP contribution >= 0.6 is 15.9 Å². The van der Waals surface area contributed by atoms with Crippen LogP contribution in [0.25, 0.3) is 0 Å². The fraction of sp³-hybridized carbons (Fsp3) is 0.600. The standard InChI is InChI=1S/C15H21Br/c1-3-15(2,11-16)10-12-7-8-13-5-4-6-14(13)9-12/h7-9H,3-6,10-11H2,1-2H3. The zero-order valence-electron chi connectivity index (χ0n) is 10.4. The van der Waals surface area contributed by atoms with Crippen LogP contribution in [-0.2, 0) is 19.3 Å². The van der Waals surface area contributed by atoms with E-state index in [-0.39, 0.29) is 0 Å². The third-order valence-electron chi connectivity index (χ3n) is 3.97. The van der Waals surface area contributed by atoms with Gasteiger partial charge in [0.05, 0.1) is 0 Å². The first-order chi connectivity index (χ1) is 7.67. The zero-order chi connectivity index (χ0) is 11.6. The van der Waals surface area contributed by atoms with Crippen molar-refractivity contribution in [2.75, 3.05) is 5.33 Å². The summed E-state index contributed by atoms with van der Waals surface area (Å²) in [5.41, 5.74) is 5.11. The topological polar surface area (TPSA) is 0 Å². The predicted octanol–water partition coefficient (Wildman–Crippen LogP) is 4.53. The number of alkyl halides is 1. The molecule has 0 aliphatic heterocycles. The molecule has 1 atom stereocenters. The molecule has 0 fully saturated rings. The Bertz CT molecular complexity index is 364. The molecule has 0 saturated heterocycles. The van der Waals surface area contributed by atoms with Crippen LogP contribution in [0.2, 0.25) is 0 Å². The average Bonchev–Trinajstić information content (AvgIpc) is 2.76. The molecule has 1 heteroatoms. The van der Waals surface area contributed by atoms with Gasteiger partial charge in [0.25, 0.3) is 0 Å². The van der Waals surface area contributed by atoms with Crippen molar-refractivity contribution >= 4 is 15.9 Å². The molecule has 16 heavy (non-hydrogen) atoms. The van der Waals surface area contributed by atoms with E-state index in [9.17, 15) is 0 Å². The third-order valence-corrected chi connectivity index (χ3v) is 5.32. The first kappa shape index (κ1) is 12.2. The van der Waals surface area contributed by atoms with Gasteiger partial charge in [-0.25, -0.2) is 0 Å². The van der Waals surface area contributed by atoms with E-state index < -0.39 is 0 Å². The molecular formula is C15H21Br. The maximum absolute atomic E-state index is 3.65. The maximum Gasteiger partial charge on any atom is 0.00884 e. The number of halogens is 1. The van der Waals surface area contributed by atoms with Crippen molar-refractivity contribution in [3.8, 4) is 0 Å². The Hall–Kier alpha value is -0.300. The van der Waals surface area contributed by atoms with Crippen LogP contribution in [0.3, 0.4) is 0 Å². The molecule has 0 N–H and O–H groups in total. The van der Waals surface area contributed by atoms with Gasteiger partial charge in [0.15, 0.2) is 0 Å². The molecule has 0 heterocycles. The Morgan fingerprint density at radius 2 is 2.00 bits per heavy atom. The summed E-state index contributed by atoms with van der Waals surface area (Å²) in [6, 6.07) is 7.13.